The first-order valence-corrected chi connectivity index (χ1v) is 6.58. The molecule has 0 unspecified atom stereocenters. The molecule has 0 fully saturated rings. The molecule has 0 aliphatic carbocycles. The highest BCUT2D eigenvalue weighted by molar-refractivity contribution is 5.41. The molecule has 2 nitrogen and oxygen atoms in total. The number of rotatable bonds is 2. The van der Waals surface area contributed by atoms with Crippen LogP contribution in [-0.2, 0) is 5.41 Å². The third-order valence-corrected chi connectivity index (χ3v) is 3.19. The number of aromatic nitrogens is 1. The average molecular weight is 255 g/mol. The summed E-state index contributed by atoms with van der Waals surface area (Å²) >= 11 is 0. The minimum Gasteiger partial charge on any atom is -0.455 e. The summed E-state index contributed by atoms with van der Waals surface area (Å²) in [7, 11) is 0. The molecule has 1 aromatic carbocycles. The molecule has 2 aromatic rings. The number of benzene rings is 1. The van der Waals surface area contributed by atoms with E-state index in [9.17, 15) is 0 Å². The summed E-state index contributed by atoms with van der Waals surface area (Å²) in [6, 6.07) is 10.1. The van der Waals surface area contributed by atoms with Crippen LogP contribution in [0.3, 0.4) is 0 Å². The van der Waals surface area contributed by atoms with E-state index in [-0.39, 0.29) is 5.41 Å². The third-order valence-electron chi connectivity index (χ3n) is 3.19. The van der Waals surface area contributed by atoms with Gasteiger partial charge in [0.1, 0.15) is 11.5 Å². The predicted octanol–water partition coefficient (Wildman–Crippen LogP) is 4.79. The van der Waals surface area contributed by atoms with E-state index in [4.69, 9.17) is 4.74 Å². The molecule has 0 radical (unpaired) electrons. The molecule has 1 aromatic heterocycles. The van der Waals surface area contributed by atoms with E-state index in [0.717, 1.165) is 17.2 Å². The first-order valence-electron chi connectivity index (χ1n) is 6.58. The van der Waals surface area contributed by atoms with Gasteiger partial charge in [-0.3, -0.25) is 4.98 Å². The highest BCUT2D eigenvalue weighted by atomic mass is 16.5. The second-order valence-corrected chi connectivity index (χ2v) is 5.92. The number of hydrogen-bond donors (Lipinski definition) is 0. The quantitative estimate of drug-likeness (QED) is 0.769. The molecular formula is C17H21NO. The first-order chi connectivity index (χ1) is 8.88. The summed E-state index contributed by atoms with van der Waals surface area (Å²) in [5.41, 5.74) is 3.67. The van der Waals surface area contributed by atoms with E-state index in [1.54, 1.807) is 6.20 Å². The molecule has 0 atom stereocenters. The van der Waals surface area contributed by atoms with Crippen molar-refractivity contribution in [3.05, 3.63) is 53.3 Å². The standard InChI is InChI=1S/C17H21NO/c1-12-11-14(8-9-15(12)17(3,4)5)19-16-7-6-10-18-13(16)2/h6-11H,1-5H3. The number of nitrogens with zero attached hydrogens (tertiary/aromatic N) is 1. The van der Waals surface area contributed by atoms with E-state index in [2.05, 4.69) is 44.8 Å². The lowest BCUT2D eigenvalue weighted by atomic mass is 9.84. The second-order valence-electron chi connectivity index (χ2n) is 5.92. The van der Waals surface area contributed by atoms with Crippen LogP contribution in [-0.4, -0.2) is 4.98 Å². The summed E-state index contributed by atoms with van der Waals surface area (Å²) in [4.78, 5) is 4.23. The van der Waals surface area contributed by atoms with Crippen molar-refractivity contribution in [1.82, 2.24) is 4.98 Å². The summed E-state index contributed by atoms with van der Waals surface area (Å²) in [6.07, 6.45) is 1.77. The normalized spacial score (nSPS) is 11.4. The number of pyridine rings is 1. The van der Waals surface area contributed by atoms with Crippen molar-refractivity contribution >= 4 is 0 Å². The lowest BCUT2D eigenvalue weighted by Gasteiger charge is -2.22. The third kappa shape index (κ3) is 3.14. The fourth-order valence-electron chi connectivity index (χ4n) is 2.25. The van der Waals surface area contributed by atoms with Crippen LogP contribution < -0.4 is 4.74 Å². The fourth-order valence-corrected chi connectivity index (χ4v) is 2.25. The summed E-state index contributed by atoms with van der Waals surface area (Å²) < 4.78 is 5.90. The van der Waals surface area contributed by atoms with Gasteiger partial charge in [-0.1, -0.05) is 26.8 Å². The zero-order valence-electron chi connectivity index (χ0n) is 12.3. The molecule has 0 N–H and O–H groups in total. The fraction of sp³-hybridized carbons (Fsp3) is 0.353. The molecule has 0 saturated heterocycles. The maximum atomic E-state index is 5.90. The maximum Gasteiger partial charge on any atom is 0.148 e. The Morgan fingerprint density at radius 3 is 2.37 bits per heavy atom. The van der Waals surface area contributed by atoms with Crippen LogP contribution in [0.1, 0.15) is 37.6 Å². The van der Waals surface area contributed by atoms with Crippen molar-refractivity contribution in [2.75, 3.05) is 0 Å². The first kappa shape index (κ1) is 13.6. The molecule has 19 heavy (non-hydrogen) atoms. The highest BCUT2D eigenvalue weighted by Gasteiger charge is 2.16. The molecule has 0 aliphatic heterocycles. The molecule has 100 valence electrons. The maximum absolute atomic E-state index is 5.90. The Morgan fingerprint density at radius 1 is 1.05 bits per heavy atom. The molecule has 0 amide bonds. The Hall–Kier alpha value is -1.83. The summed E-state index contributed by atoms with van der Waals surface area (Å²) in [5.74, 6) is 1.67. The van der Waals surface area contributed by atoms with Gasteiger partial charge in [-0.05, 0) is 54.7 Å². The van der Waals surface area contributed by atoms with Crippen molar-refractivity contribution in [3.8, 4) is 11.5 Å². The minimum absolute atomic E-state index is 0.160. The predicted molar refractivity (Wildman–Crippen MR) is 78.9 cm³/mol. The van der Waals surface area contributed by atoms with Gasteiger partial charge in [0.05, 0.1) is 5.69 Å². The van der Waals surface area contributed by atoms with Crippen LogP contribution in [0.4, 0.5) is 0 Å². The van der Waals surface area contributed by atoms with Crippen molar-refractivity contribution in [2.45, 2.75) is 40.0 Å². The van der Waals surface area contributed by atoms with Gasteiger partial charge in [0, 0.05) is 6.20 Å². The Kier molecular flexibility index (Phi) is 3.61. The molecule has 0 bridgehead atoms. The smallest absolute Gasteiger partial charge is 0.148 e. The van der Waals surface area contributed by atoms with Crippen molar-refractivity contribution < 1.29 is 4.74 Å². The molecule has 2 heteroatoms. The molecular weight excluding hydrogens is 234 g/mol. The Balaban J connectivity index is 2.29. The molecule has 2 rings (SSSR count). The van der Waals surface area contributed by atoms with E-state index < -0.39 is 0 Å². The molecule has 0 aliphatic rings. The van der Waals surface area contributed by atoms with Gasteiger partial charge in [0.2, 0.25) is 0 Å². The van der Waals surface area contributed by atoms with Gasteiger partial charge in [0.25, 0.3) is 0 Å². The lowest BCUT2D eigenvalue weighted by molar-refractivity contribution is 0.474. The van der Waals surface area contributed by atoms with Crippen LogP contribution in [0, 0.1) is 13.8 Å². The second kappa shape index (κ2) is 5.04. The van der Waals surface area contributed by atoms with E-state index >= 15 is 0 Å². The van der Waals surface area contributed by atoms with Crippen molar-refractivity contribution in [1.29, 1.82) is 0 Å². The highest BCUT2D eigenvalue weighted by Crippen LogP contribution is 2.30. The SMILES string of the molecule is Cc1cc(Oc2cccnc2C)ccc1C(C)(C)C. The van der Waals surface area contributed by atoms with Crippen LogP contribution in [0.15, 0.2) is 36.5 Å². The van der Waals surface area contributed by atoms with Crippen molar-refractivity contribution in [3.63, 3.8) is 0 Å². The zero-order valence-corrected chi connectivity index (χ0v) is 12.3. The van der Waals surface area contributed by atoms with Gasteiger partial charge in [-0.2, -0.15) is 0 Å². The largest absolute Gasteiger partial charge is 0.455 e. The number of aryl methyl sites for hydroxylation is 2. The van der Waals surface area contributed by atoms with Crippen LogP contribution >= 0.6 is 0 Å². The Bertz CT molecular complexity index is 582. The van der Waals surface area contributed by atoms with E-state index in [1.807, 2.05) is 25.1 Å². The van der Waals surface area contributed by atoms with Crippen LogP contribution in [0.25, 0.3) is 0 Å². The summed E-state index contributed by atoms with van der Waals surface area (Å²) in [6.45, 7) is 10.7. The topological polar surface area (TPSA) is 22.1 Å². The van der Waals surface area contributed by atoms with E-state index in [0.29, 0.717) is 0 Å². The minimum atomic E-state index is 0.160. The summed E-state index contributed by atoms with van der Waals surface area (Å²) in [5, 5.41) is 0. The van der Waals surface area contributed by atoms with Crippen molar-refractivity contribution in [2.24, 2.45) is 0 Å². The molecule has 1 heterocycles. The van der Waals surface area contributed by atoms with Gasteiger partial charge >= 0.3 is 0 Å². The van der Waals surface area contributed by atoms with Crippen LogP contribution in [0.5, 0.6) is 11.5 Å². The monoisotopic (exact) mass is 255 g/mol. The number of ether oxygens (including phenoxy) is 1. The molecule has 0 spiro atoms. The number of hydrogen-bond acceptors (Lipinski definition) is 2. The Morgan fingerprint density at radius 2 is 1.79 bits per heavy atom. The van der Waals surface area contributed by atoms with Crippen LogP contribution in [0.2, 0.25) is 0 Å². The van der Waals surface area contributed by atoms with Gasteiger partial charge in [-0.25, -0.2) is 0 Å². The van der Waals surface area contributed by atoms with Gasteiger partial charge < -0.3 is 4.74 Å². The van der Waals surface area contributed by atoms with Gasteiger partial charge in [0.15, 0.2) is 0 Å². The molecule has 0 saturated carbocycles. The Labute approximate surface area is 115 Å². The lowest BCUT2D eigenvalue weighted by Crippen LogP contribution is -2.12. The van der Waals surface area contributed by atoms with Gasteiger partial charge in [-0.15, -0.1) is 0 Å². The zero-order chi connectivity index (χ0) is 14.0. The average Bonchev–Trinajstić information content (AvgIpc) is 2.30. The van der Waals surface area contributed by atoms with E-state index in [1.165, 1.54) is 11.1 Å².